The van der Waals surface area contributed by atoms with Crippen LogP contribution in [-0.2, 0) is 7.05 Å². The topological polar surface area (TPSA) is 52.8 Å². The summed E-state index contributed by atoms with van der Waals surface area (Å²) in [5, 5.41) is 4.22. The Bertz CT molecular complexity index is 565. The molecule has 2 rings (SSSR count). The van der Waals surface area contributed by atoms with Crippen molar-refractivity contribution in [3.05, 3.63) is 28.3 Å². The maximum absolute atomic E-state index is 5.72. The van der Waals surface area contributed by atoms with Gasteiger partial charge in [-0.2, -0.15) is 10.1 Å². The van der Waals surface area contributed by atoms with Crippen LogP contribution in [0.2, 0.25) is 0 Å². The Morgan fingerprint density at radius 2 is 2.00 bits per heavy atom. The number of nitrogens with zero attached hydrogens (tertiary/aromatic N) is 4. The molecule has 0 bridgehead atoms. The zero-order valence-corrected chi connectivity index (χ0v) is 12.4. The first-order valence-corrected chi connectivity index (χ1v) is 6.48. The van der Waals surface area contributed by atoms with Gasteiger partial charge in [-0.05, 0) is 22.9 Å². The van der Waals surface area contributed by atoms with E-state index in [2.05, 4.69) is 31.0 Å². The van der Waals surface area contributed by atoms with Gasteiger partial charge in [-0.1, -0.05) is 13.8 Å². The van der Waals surface area contributed by atoms with Crippen LogP contribution in [0.5, 0.6) is 11.8 Å². The quantitative estimate of drug-likeness (QED) is 0.817. The van der Waals surface area contributed by atoms with Crippen LogP contribution in [0.25, 0.3) is 0 Å². The first kappa shape index (κ1) is 13.0. The number of halogens is 1. The number of ether oxygens (including phenoxy) is 1. The maximum atomic E-state index is 5.72. The van der Waals surface area contributed by atoms with E-state index in [0.717, 1.165) is 16.1 Å². The van der Waals surface area contributed by atoms with Gasteiger partial charge >= 0.3 is 0 Å². The molecule has 0 spiro atoms. The van der Waals surface area contributed by atoms with Crippen molar-refractivity contribution in [2.75, 3.05) is 0 Å². The molecule has 0 aliphatic carbocycles. The highest BCUT2D eigenvalue weighted by molar-refractivity contribution is 9.10. The lowest BCUT2D eigenvalue weighted by Crippen LogP contribution is -2.01. The van der Waals surface area contributed by atoms with E-state index in [1.807, 2.05) is 33.9 Å². The molecule has 0 N–H and O–H groups in total. The van der Waals surface area contributed by atoms with E-state index in [9.17, 15) is 0 Å². The molecule has 0 saturated heterocycles. The number of aromatic nitrogens is 4. The van der Waals surface area contributed by atoms with E-state index < -0.39 is 0 Å². The molecule has 0 aliphatic rings. The minimum absolute atomic E-state index is 0.248. The van der Waals surface area contributed by atoms with Crippen molar-refractivity contribution in [3.8, 4) is 11.8 Å². The highest BCUT2D eigenvalue weighted by Gasteiger charge is 2.10. The van der Waals surface area contributed by atoms with Crippen LogP contribution in [-0.4, -0.2) is 19.7 Å². The van der Waals surface area contributed by atoms with Crippen molar-refractivity contribution < 1.29 is 4.74 Å². The Hall–Kier alpha value is -1.43. The zero-order chi connectivity index (χ0) is 13.3. The van der Waals surface area contributed by atoms with Gasteiger partial charge in [-0.25, -0.2) is 9.67 Å². The third-order valence-electron chi connectivity index (χ3n) is 2.37. The lowest BCUT2D eigenvalue weighted by molar-refractivity contribution is 0.411. The van der Waals surface area contributed by atoms with Crippen LogP contribution in [0, 0.1) is 6.92 Å². The van der Waals surface area contributed by atoms with Gasteiger partial charge in [0.15, 0.2) is 0 Å². The summed E-state index contributed by atoms with van der Waals surface area (Å²) in [5.74, 6) is 2.17. The normalized spacial score (nSPS) is 11.0. The van der Waals surface area contributed by atoms with Gasteiger partial charge in [0.1, 0.15) is 10.4 Å². The van der Waals surface area contributed by atoms with E-state index >= 15 is 0 Å². The van der Waals surface area contributed by atoms with E-state index in [0.29, 0.717) is 11.8 Å². The van der Waals surface area contributed by atoms with E-state index in [1.54, 1.807) is 10.7 Å². The van der Waals surface area contributed by atoms with Gasteiger partial charge in [-0.15, -0.1) is 0 Å². The average molecular weight is 311 g/mol. The highest BCUT2D eigenvalue weighted by atomic mass is 79.9. The van der Waals surface area contributed by atoms with Crippen LogP contribution in [0.1, 0.15) is 31.3 Å². The van der Waals surface area contributed by atoms with Gasteiger partial charge in [0.05, 0.1) is 5.69 Å². The Morgan fingerprint density at radius 3 is 2.56 bits per heavy atom. The summed E-state index contributed by atoms with van der Waals surface area (Å²) in [5.41, 5.74) is 0.907. The Kier molecular flexibility index (Phi) is 3.65. The molecule has 6 heteroatoms. The number of aryl methyl sites for hydroxylation is 2. The molecule has 2 aromatic rings. The predicted octanol–water partition coefficient (Wildman–Crippen LogP) is 3.20. The lowest BCUT2D eigenvalue weighted by atomic mass is 10.2. The fourth-order valence-corrected chi connectivity index (χ4v) is 1.89. The largest absolute Gasteiger partial charge is 0.421 e. The van der Waals surface area contributed by atoms with Crippen LogP contribution in [0.15, 0.2) is 16.7 Å². The molecule has 0 aromatic carbocycles. The molecule has 0 saturated carbocycles. The van der Waals surface area contributed by atoms with Gasteiger partial charge in [0.2, 0.25) is 11.8 Å². The Morgan fingerprint density at radius 1 is 1.28 bits per heavy atom. The first-order valence-electron chi connectivity index (χ1n) is 5.68. The van der Waals surface area contributed by atoms with Crippen molar-refractivity contribution in [2.24, 2.45) is 7.05 Å². The minimum Gasteiger partial charge on any atom is -0.421 e. The van der Waals surface area contributed by atoms with Crippen molar-refractivity contribution in [2.45, 2.75) is 26.7 Å². The van der Waals surface area contributed by atoms with Crippen molar-refractivity contribution in [1.82, 2.24) is 19.7 Å². The fraction of sp³-hybridized carbons (Fsp3) is 0.417. The molecule has 0 unspecified atom stereocenters. The van der Waals surface area contributed by atoms with Gasteiger partial charge in [-0.3, -0.25) is 0 Å². The Labute approximate surface area is 114 Å². The Balaban J connectivity index is 2.31. The predicted molar refractivity (Wildman–Crippen MR) is 71.8 cm³/mol. The summed E-state index contributed by atoms with van der Waals surface area (Å²) in [6, 6.07) is 3.61. The van der Waals surface area contributed by atoms with Crippen molar-refractivity contribution in [3.63, 3.8) is 0 Å². The van der Waals surface area contributed by atoms with Gasteiger partial charge < -0.3 is 4.74 Å². The van der Waals surface area contributed by atoms with Gasteiger partial charge in [0, 0.05) is 25.1 Å². The van der Waals surface area contributed by atoms with Crippen LogP contribution >= 0.6 is 15.9 Å². The molecule has 0 atom stereocenters. The SMILES string of the molecule is Cc1cc(Oc2cc(Br)nc(C(C)C)n2)n(C)n1. The molecule has 18 heavy (non-hydrogen) atoms. The summed E-state index contributed by atoms with van der Waals surface area (Å²) >= 11 is 3.36. The van der Waals surface area contributed by atoms with Crippen LogP contribution < -0.4 is 4.74 Å². The summed E-state index contributed by atoms with van der Waals surface area (Å²) in [7, 11) is 1.84. The molecule has 0 fully saturated rings. The molecular formula is C12H15BrN4O. The second-order valence-electron chi connectivity index (χ2n) is 4.39. The average Bonchev–Trinajstić information content (AvgIpc) is 2.56. The van der Waals surface area contributed by atoms with E-state index in [4.69, 9.17) is 4.74 Å². The summed E-state index contributed by atoms with van der Waals surface area (Å²) in [6.45, 7) is 6.00. The maximum Gasteiger partial charge on any atom is 0.225 e. The van der Waals surface area contributed by atoms with Crippen LogP contribution in [0.4, 0.5) is 0 Å². The second-order valence-corrected chi connectivity index (χ2v) is 5.20. The van der Waals surface area contributed by atoms with Crippen molar-refractivity contribution in [1.29, 1.82) is 0 Å². The lowest BCUT2D eigenvalue weighted by Gasteiger charge is -2.08. The number of hydrogen-bond acceptors (Lipinski definition) is 4. The second kappa shape index (κ2) is 5.06. The smallest absolute Gasteiger partial charge is 0.225 e. The molecule has 0 radical (unpaired) electrons. The zero-order valence-electron chi connectivity index (χ0n) is 10.8. The molecule has 5 nitrogen and oxygen atoms in total. The molecular weight excluding hydrogens is 296 g/mol. The summed E-state index contributed by atoms with van der Waals surface area (Å²) < 4.78 is 8.12. The third-order valence-corrected chi connectivity index (χ3v) is 2.78. The minimum atomic E-state index is 0.248. The summed E-state index contributed by atoms with van der Waals surface area (Å²) in [6.07, 6.45) is 0. The van der Waals surface area contributed by atoms with Crippen LogP contribution in [0.3, 0.4) is 0 Å². The number of hydrogen-bond donors (Lipinski definition) is 0. The molecule has 0 aliphatic heterocycles. The third kappa shape index (κ3) is 2.87. The molecule has 2 heterocycles. The standard InChI is InChI=1S/C12H15BrN4O/c1-7(2)12-14-9(13)6-10(15-12)18-11-5-8(3)16-17(11)4/h5-7H,1-4H3. The van der Waals surface area contributed by atoms with E-state index in [1.165, 1.54) is 0 Å². The molecule has 96 valence electrons. The molecule has 0 amide bonds. The monoisotopic (exact) mass is 310 g/mol. The molecule has 2 aromatic heterocycles. The van der Waals surface area contributed by atoms with Gasteiger partial charge in [0.25, 0.3) is 0 Å². The van der Waals surface area contributed by atoms with Crippen molar-refractivity contribution >= 4 is 15.9 Å². The number of rotatable bonds is 3. The first-order chi connectivity index (χ1) is 8.45. The fourth-order valence-electron chi connectivity index (χ4n) is 1.51. The van der Waals surface area contributed by atoms with E-state index in [-0.39, 0.29) is 5.92 Å². The highest BCUT2D eigenvalue weighted by Crippen LogP contribution is 2.24. The summed E-state index contributed by atoms with van der Waals surface area (Å²) in [4.78, 5) is 8.68.